The van der Waals surface area contributed by atoms with Gasteiger partial charge >= 0.3 is 0 Å². The molecule has 0 amide bonds. The Morgan fingerprint density at radius 3 is 2.77 bits per heavy atom. The number of H-pyrrole nitrogens is 1. The fraction of sp³-hybridized carbons (Fsp3) is 0.125. The SMILES string of the molecule is Cc1cccc(COc2ccc(F)c(-c3cn[nH]n3)c2F)c1. The van der Waals surface area contributed by atoms with E-state index in [2.05, 4.69) is 15.4 Å². The summed E-state index contributed by atoms with van der Waals surface area (Å²) >= 11 is 0. The summed E-state index contributed by atoms with van der Waals surface area (Å²) in [6.45, 7) is 2.16. The van der Waals surface area contributed by atoms with Gasteiger partial charge in [-0.25, -0.2) is 8.78 Å². The van der Waals surface area contributed by atoms with Crippen LogP contribution in [-0.2, 0) is 6.61 Å². The predicted molar refractivity (Wildman–Crippen MR) is 77.2 cm³/mol. The van der Waals surface area contributed by atoms with Crippen molar-refractivity contribution in [3.05, 3.63) is 65.4 Å². The van der Waals surface area contributed by atoms with E-state index in [9.17, 15) is 8.78 Å². The van der Waals surface area contributed by atoms with Gasteiger partial charge in [0.2, 0.25) is 0 Å². The molecular weight excluding hydrogens is 288 g/mol. The van der Waals surface area contributed by atoms with Crippen LogP contribution in [0.2, 0.25) is 0 Å². The van der Waals surface area contributed by atoms with Crippen LogP contribution in [0.3, 0.4) is 0 Å². The second kappa shape index (κ2) is 5.93. The second-order valence-electron chi connectivity index (χ2n) is 4.87. The van der Waals surface area contributed by atoms with Crippen molar-refractivity contribution >= 4 is 0 Å². The van der Waals surface area contributed by atoms with Gasteiger partial charge in [-0.3, -0.25) is 0 Å². The number of hydrogen-bond donors (Lipinski definition) is 1. The fourth-order valence-corrected chi connectivity index (χ4v) is 2.16. The minimum Gasteiger partial charge on any atom is -0.486 e. The van der Waals surface area contributed by atoms with Gasteiger partial charge in [0.15, 0.2) is 11.6 Å². The molecule has 3 aromatic rings. The lowest BCUT2D eigenvalue weighted by Crippen LogP contribution is -2.00. The van der Waals surface area contributed by atoms with Crippen LogP contribution in [0.15, 0.2) is 42.6 Å². The van der Waals surface area contributed by atoms with Crippen molar-refractivity contribution in [3.63, 3.8) is 0 Å². The number of aromatic nitrogens is 3. The monoisotopic (exact) mass is 301 g/mol. The molecule has 1 aromatic heterocycles. The van der Waals surface area contributed by atoms with E-state index in [4.69, 9.17) is 4.74 Å². The van der Waals surface area contributed by atoms with Crippen molar-refractivity contribution in [2.75, 3.05) is 0 Å². The van der Waals surface area contributed by atoms with Gasteiger partial charge in [0.05, 0.1) is 11.8 Å². The lowest BCUT2D eigenvalue weighted by atomic mass is 10.1. The summed E-state index contributed by atoms with van der Waals surface area (Å²) in [5.74, 6) is -1.53. The zero-order valence-corrected chi connectivity index (χ0v) is 11.8. The third-order valence-electron chi connectivity index (χ3n) is 3.20. The topological polar surface area (TPSA) is 50.8 Å². The average molecular weight is 301 g/mol. The van der Waals surface area contributed by atoms with Gasteiger partial charge < -0.3 is 4.74 Å². The maximum atomic E-state index is 14.4. The third-order valence-corrected chi connectivity index (χ3v) is 3.20. The highest BCUT2D eigenvalue weighted by Gasteiger charge is 2.18. The number of rotatable bonds is 4. The number of nitrogens with one attached hydrogen (secondary N) is 1. The van der Waals surface area contributed by atoms with Gasteiger partial charge in [0.1, 0.15) is 18.1 Å². The standard InChI is InChI=1S/C16H13F2N3O/c1-10-3-2-4-11(7-10)9-22-14-6-5-12(17)15(16(14)18)13-8-19-21-20-13/h2-8H,9H2,1H3,(H,19,20,21). The van der Waals surface area contributed by atoms with Crippen molar-refractivity contribution in [1.29, 1.82) is 0 Å². The number of nitrogens with zero attached hydrogens (tertiary/aromatic N) is 2. The highest BCUT2D eigenvalue weighted by Crippen LogP contribution is 2.30. The van der Waals surface area contributed by atoms with E-state index in [-0.39, 0.29) is 23.6 Å². The first kappa shape index (κ1) is 14.2. The molecule has 112 valence electrons. The summed E-state index contributed by atoms with van der Waals surface area (Å²) in [6, 6.07) is 10.1. The van der Waals surface area contributed by atoms with Gasteiger partial charge in [-0.1, -0.05) is 29.8 Å². The first-order chi connectivity index (χ1) is 10.6. The Bertz CT molecular complexity index is 788. The number of halogens is 2. The maximum Gasteiger partial charge on any atom is 0.177 e. The lowest BCUT2D eigenvalue weighted by molar-refractivity contribution is 0.290. The molecule has 2 aromatic carbocycles. The third kappa shape index (κ3) is 2.81. The first-order valence-corrected chi connectivity index (χ1v) is 6.67. The molecule has 0 atom stereocenters. The van der Waals surface area contributed by atoms with Crippen LogP contribution in [-0.4, -0.2) is 15.4 Å². The summed E-state index contributed by atoms with van der Waals surface area (Å²) < 4.78 is 33.7. The minimum absolute atomic E-state index is 0.0269. The summed E-state index contributed by atoms with van der Waals surface area (Å²) in [6.07, 6.45) is 1.26. The second-order valence-corrected chi connectivity index (χ2v) is 4.87. The zero-order valence-electron chi connectivity index (χ0n) is 11.8. The molecule has 1 heterocycles. The smallest absolute Gasteiger partial charge is 0.177 e. The molecule has 0 saturated heterocycles. The van der Waals surface area contributed by atoms with E-state index in [1.807, 2.05) is 31.2 Å². The molecule has 4 nitrogen and oxygen atoms in total. The number of aromatic amines is 1. The molecule has 6 heteroatoms. The maximum absolute atomic E-state index is 14.4. The number of hydrogen-bond acceptors (Lipinski definition) is 3. The molecule has 0 aliphatic carbocycles. The lowest BCUT2D eigenvalue weighted by Gasteiger charge is -2.10. The van der Waals surface area contributed by atoms with Crippen LogP contribution < -0.4 is 4.74 Å². The average Bonchev–Trinajstić information content (AvgIpc) is 3.01. The minimum atomic E-state index is -0.790. The molecular formula is C16H13F2N3O. The van der Waals surface area contributed by atoms with Gasteiger partial charge in [-0.2, -0.15) is 15.4 Å². The molecule has 22 heavy (non-hydrogen) atoms. The number of aryl methyl sites for hydroxylation is 1. The van der Waals surface area contributed by atoms with Crippen molar-refractivity contribution in [3.8, 4) is 17.0 Å². The van der Waals surface area contributed by atoms with E-state index in [0.717, 1.165) is 17.2 Å². The number of ether oxygens (including phenoxy) is 1. The summed E-state index contributed by atoms with van der Waals surface area (Å²) in [7, 11) is 0. The summed E-state index contributed by atoms with van der Waals surface area (Å²) in [5, 5.41) is 9.60. The molecule has 0 aliphatic heterocycles. The van der Waals surface area contributed by atoms with Crippen LogP contribution in [0.1, 0.15) is 11.1 Å². The van der Waals surface area contributed by atoms with Gasteiger partial charge in [-0.05, 0) is 24.6 Å². The molecule has 1 N–H and O–H groups in total. The molecule has 0 fully saturated rings. The van der Waals surface area contributed by atoms with Crippen LogP contribution in [0.4, 0.5) is 8.78 Å². The highest BCUT2D eigenvalue weighted by molar-refractivity contribution is 5.62. The Hall–Kier alpha value is -2.76. The molecule has 0 spiro atoms. The molecule has 0 bridgehead atoms. The largest absolute Gasteiger partial charge is 0.486 e. The quantitative estimate of drug-likeness (QED) is 0.800. The molecule has 3 rings (SSSR count). The van der Waals surface area contributed by atoms with Crippen LogP contribution in [0.25, 0.3) is 11.3 Å². The normalized spacial score (nSPS) is 10.7. The molecule has 0 radical (unpaired) electrons. The van der Waals surface area contributed by atoms with Crippen LogP contribution in [0, 0.1) is 18.6 Å². The van der Waals surface area contributed by atoms with Gasteiger partial charge in [-0.15, -0.1) is 0 Å². The highest BCUT2D eigenvalue weighted by atomic mass is 19.1. The molecule has 0 aliphatic rings. The molecule has 0 unspecified atom stereocenters. The molecule has 0 saturated carbocycles. The van der Waals surface area contributed by atoms with Gasteiger partial charge in [0, 0.05) is 0 Å². The Morgan fingerprint density at radius 1 is 1.18 bits per heavy atom. The fourth-order valence-electron chi connectivity index (χ4n) is 2.16. The van der Waals surface area contributed by atoms with E-state index >= 15 is 0 Å². The van der Waals surface area contributed by atoms with Crippen LogP contribution in [0.5, 0.6) is 5.75 Å². The van der Waals surface area contributed by atoms with Gasteiger partial charge in [0.25, 0.3) is 0 Å². The van der Waals surface area contributed by atoms with Crippen molar-refractivity contribution in [2.45, 2.75) is 13.5 Å². The van der Waals surface area contributed by atoms with Crippen molar-refractivity contribution in [2.24, 2.45) is 0 Å². The van der Waals surface area contributed by atoms with Crippen LogP contribution >= 0.6 is 0 Å². The van der Waals surface area contributed by atoms with Crippen molar-refractivity contribution in [1.82, 2.24) is 15.4 Å². The van der Waals surface area contributed by atoms with E-state index < -0.39 is 11.6 Å². The Morgan fingerprint density at radius 2 is 2.05 bits per heavy atom. The Balaban J connectivity index is 1.87. The summed E-state index contributed by atoms with van der Waals surface area (Å²) in [4.78, 5) is 0. The zero-order chi connectivity index (χ0) is 15.5. The van der Waals surface area contributed by atoms with Crippen molar-refractivity contribution < 1.29 is 13.5 Å². The van der Waals surface area contributed by atoms with E-state index in [0.29, 0.717) is 0 Å². The number of benzene rings is 2. The van der Waals surface area contributed by atoms with E-state index in [1.54, 1.807) is 0 Å². The Kier molecular flexibility index (Phi) is 3.82. The first-order valence-electron chi connectivity index (χ1n) is 6.67. The Labute approximate surface area is 125 Å². The summed E-state index contributed by atoms with van der Waals surface area (Å²) in [5.41, 5.74) is 1.84. The predicted octanol–water partition coefficient (Wildman–Crippen LogP) is 3.64. The van der Waals surface area contributed by atoms with E-state index in [1.165, 1.54) is 12.3 Å².